The standard InChI is InChI=1S/C21H26N6O3/c1-23-21(29)27-9-6-16(13-18(27)22)26-10-11-30-17-12-15(14-24-19(17)26)20(28)25-7-4-2-3-5-8-25/h6,9,12-14,22H,2-5,7-8,10-11H2,1H3,(H,23,29). The van der Waals surface area contributed by atoms with Crippen LogP contribution < -0.4 is 20.4 Å². The van der Waals surface area contributed by atoms with Crippen LogP contribution in [0, 0.1) is 5.41 Å². The maximum absolute atomic E-state index is 12.9. The fourth-order valence-corrected chi connectivity index (χ4v) is 3.88. The summed E-state index contributed by atoms with van der Waals surface area (Å²) in [6.07, 6.45) is 7.56. The first-order chi connectivity index (χ1) is 14.6. The second-order valence-corrected chi connectivity index (χ2v) is 7.45. The Bertz CT molecular complexity index is 1010. The molecule has 0 aromatic carbocycles. The average Bonchev–Trinajstić information content (AvgIpc) is 3.07. The van der Waals surface area contributed by atoms with E-state index in [9.17, 15) is 9.59 Å². The molecule has 2 aliphatic rings. The average molecular weight is 410 g/mol. The number of aromatic nitrogens is 2. The SMILES string of the molecule is CNC(=O)n1ccc(N2CCOc3cc(C(=O)N4CCCCCC4)cnc32)cc1=N. The number of anilines is 2. The van der Waals surface area contributed by atoms with Gasteiger partial charge in [0.1, 0.15) is 12.1 Å². The Kier molecular flexibility index (Phi) is 5.69. The number of amides is 2. The molecular weight excluding hydrogens is 384 g/mol. The summed E-state index contributed by atoms with van der Waals surface area (Å²) in [7, 11) is 1.52. The quantitative estimate of drug-likeness (QED) is 0.789. The first-order valence-electron chi connectivity index (χ1n) is 10.3. The van der Waals surface area contributed by atoms with Gasteiger partial charge in [-0.1, -0.05) is 12.8 Å². The zero-order chi connectivity index (χ0) is 21.1. The highest BCUT2D eigenvalue weighted by Gasteiger charge is 2.25. The van der Waals surface area contributed by atoms with Gasteiger partial charge in [0.25, 0.3) is 5.91 Å². The fraction of sp³-hybridized carbons (Fsp3) is 0.429. The second kappa shape index (κ2) is 8.56. The number of likely N-dealkylation sites (tertiary alicyclic amines) is 1. The Morgan fingerprint density at radius 3 is 2.60 bits per heavy atom. The zero-order valence-electron chi connectivity index (χ0n) is 17.1. The first kappa shape index (κ1) is 19.9. The van der Waals surface area contributed by atoms with Gasteiger partial charge in [0.15, 0.2) is 11.6 Å². The Morgan fingerprint density at radius 1 is 1.13 bits per heavy atom. The Hall–Kier alpha value is -3.36. The highest BCUT2D eigenvalue weighted by atomic mass is 16.5. The van der Waals surface area contributed by atoms with Crippen LogP contribution in [0.1, 0.15) is 36.0 Å². The van der Waals surface area contributed by atoms with Crippen molar-refractivity contribution in [3.05, 3.63) is 41.6 Å². The number of nitrogens with one attached hydrogen (secondary N) is 2. The van der Waals surface area contributed by atoms with Gasteiger partial charge in [-0.15, -0.1) is 0 Å². The summed E-state index contributed by atoms with van der Waals surface area (Å²) in [5.41, 5.74) is 1.33. The van der Waals surface area contributed by atoms with Gasteiger partial charge in [-0.25, -0.2) is 9.78 Å². The minimum Gasteiger partial charge on any atom is -0.488 e. The molecule has 1 saturated heterocycles. The van der Waals surface area contributed by atoms with Crippen molar-refractivity contribution in [1.29, 1.82) is 5.41 Å². The van der Waals surface area contributed by atoms with Crippen LogP contribution in [-0.2, 0) is 0 Å². The van der Waals surface area contributed by atoms with Crippen LogP contribution >= 0.6 is 0 Å². The third-order valence-corrected chi connectivity index (χ3v) is 5.48. The third kappa shape index (κ3) is 3.87. The molecule has 2 aromatic heterocycles. The molecule has 30 heavy (non-hydrogen) atoms. The number of fused-ring (bicyclic) bond motifs is 1. The molecule has 4 rings (SSSR count). The van der Waals surface area contributed by atoms with E-state index in [0.717, 1.165) is 31.6 Å². The lowest BCUT2D eigenvalue weighted by Gasteiger charge is -2.30. The van der Waals surface area contributed by atoms with Crippen LogP contribution in [0.25, 0.3) is 0 Å². The smallest absolute Gasteiger partial charge is 0.326 e. The van der Waals surface area contributed by atoms with Crippen LogP contribution in [0.4, 0.5) is 16.3 Å². The summed E-state index contributed by atoms with van der Waals surface area (Å²) in [4.78, 5) is 33.1. The van der Waals surface area contributed by atoms with Gasteiger partial charge in [0.05, 0.1) is 12.1 Å². The van der Waals surface area contributed by atoms with Crippen LogP contribution in [-0.4, -0.2) is 59.7 Å². The molecule has 2 N–H and O–H groups in total. The molecule has 2 aromatic rings. The molecule has 0 atom stereocenters. The Balaban J connectivity index is 1.61. The monoisotopic (exact) mass is 410 g/mol. The van der Waals surface area contributed by atoms with Crippen LogP contribution in [0.15, 0.2) is 30.6 Å². The van der Waals surface area contributed by atoms with Gasteiger partial charge in [-0.05, 0) is 25.0 Å². The van der Waals surface area contributed by atoms with Crippen LogP contribution in [0.2, 0.25) is 0 Å². The number of hydrogen-bond acceptors (Lipinski definition) is 6. The minimum absolute atomic E-state index is 0.00676. The lowest BCUT2D eigenvalue weighted by molar-refractivity contribution is 0.0760. The van der Waals surface area contributed by atoms with E-state index >= 15 is 0 Å². The number of carbonyl (C=O) groups is 2. The summed E-state index contributed by atoms with van der Waals surface area (Å²) < 4.78 is 7.02. The highest BCUT2D eigenvalue weighted by Crippen LogP contribution is 2.35. The number of carbonyl (C=O) groups excluding carboxylic acids is 2. The number of hydrogen-bond donors (Lipinski definition) is 2. The van der Waals surface area contributed by atoms with Gasteiger partial charge < -0.3 is 19.9 Å². The minimum atomic E-state index is -0.372. The molecule has 1 fully saturated rings. The van der Waals surface area contributed by atoms with E-state index in [-0.39, 0.29) is 17.4 Å². The predicted octanol–water partition coefficient (Wildman–Crippen LogP) is 2.10. The molecule has 2 aliphatic heterocycles. The lowest BCUT2D eigenvalue weighted by atomic mass is 10.2. The van der Waals surface area contributed by atoms with E-state index in [4.69, 9.17) is 10.1 Å². The second-order valence-electron chi connectivity index (χ2n) is 7.45. The van der Waals surface area contributed by atoms with Crippen molar-refractivity contribution in [2.75, 3.05) is 38.2 Å². The maximum Gasteiger partial charge on any atom is 0.326 e. The highest BCUT2D eigenvalue weighted by molar-refractivity contribution is 5.95. The van der Waals surface area contributed by atoms with Crippen molar-refractivity contribution in [3.63, 3.8) is 0 Å². The van der Waals surface area contributed by atoms with Gasteiger partial charge in [0.2, 0.25) is 0 Å². The summed E-state index contributed by atoms with van der Waals surface area (Å²) in [5.74, 6) is 1.15. The predicted molar refractivity (Wildman–Crippen MR) is 111 cm³/mol. The number of ether oxygens (including phenoxy) is 1. The van der Waals surface area contributed by atoms with E-state index in [0.29, 0.717) is 30.3 Å². The van der Waals surface area contributed by atoms with E-state index in [1.165, 1.54) is 24.5 Å². The normalized spacial score (nSPS) is 16.3. The van der Waals surface area contributed by atoms with Crippen LogP contribution in [0.5, 0.6) is 5.75 Å². The maximum atomic E-state index is 12.9. The van der Waals surface area contributed by atoms with E-state index in [1.807, 2.05) is 9.80 Å². The molecule has 0 unspecified atom stereocenters. The molecular formula is C21H26N6O3. The molecule has 158 valence electrons. The van der Waals surface area contributed by atoms with Gasteiger partial charge in [-0.3, -0.25) is 14.8 Å². The number of nitrogens with zero attached hydrogens (tertiary/aromatic N) is 4. The summed E-state index contributed by atoms with van der Waals surface area (Å²) in [6.45, 7) is 2.56. The third-order valence-electron chi connectivity index (χ3n) is 5.48. The number of rotatable bonds is 2. The first-order valence-corrected chi connectivity index (χ1v) is 10.3. The van der Waals surface area contributed by atoms with Gasteiger partial charge in [0, 0.05) is 44.3 Å². The zero-order valence-corrected chi connectivity index (χ0v) is 17.1. The van der Waals surface area contributed by atoms with Crippen molar-refractivity contribution in [1.82, 2.24) is 19.8 Å². The topological polar surface area (TPSA) is 104 Å². The molecule has 9 heteroatoms. The Labute approximate surface area is 174 Å². The molecule has 4 heterocycles. The summed E-state index contributed by atoms with van der Waals surface area (Å²) in [6, 6.07) is 4.77. The number of pyridine rings is 2. The fourth-order valence-electron chi connectivity index (χ4n) is 3.88. The molecule has 9 nitrogen and oxygen atoms in total. The van der Waals surface area contributed by atoms with Gasteiger partial charge >= 0.3 is 6.03 Å². The molecule has 0 saturated carbocycles. The molecule has 2 amide bonds. The van der Waals surface area contributed by atoms with E-state index < -0.39 is 0 Å². The Morgan fingerprint density at radius 2 is 1.90 bits per heavy atom. The molecule has 0 aliphatic carbocycles. The summed E-state index contributed by atoms with van der Waals surface area (Å²) >= 11 is 0. The molecule has 0 bridgehead atoms. The van der Waals surface area contributed by atoms with Crippen molar-refractivity contribution in [2.24, 2.45) is 0 Å². The largest absolute Gasteiger partial charge is 0.488 e. The van der Waals surface area contributed by atoms with Gasteiger partial charge in [-0.2, -0.15) is 0 Å². The van der Waals surface area contributed by atoms with Crippen molar-refractivity contribution in [3.8, 4) is 5.75 Å². The molecule has 0 radical (unpaired) electrons. The van der Waals surface area contributed by atoms with Crippen molar-refractivity contribution >= 4 is 23.4 Å². The van der Waals surface area contributed by atoms with E-state index in [1.54, 1.807) is 30.6 Å². The van der Waals surface area contributed by atoms with Crippen LogP contribution in [0.3, 0.4) is 0 Å². The lowest BCUT2D eigenvalue weighted by Crippen LogP contribution is -2.35. The summed E-state index contributed by atoms with van der Waals surface area (Å²) in [5, 5.41) is 10.6. The van der Waals surface area contributed by atoms with Crippen molar-refractivity contribution < 1.29 is 14.3 Å². The molecule has 0 spiro atoms. The van der Waals surface area contributed by atoms with E-state index in [2.05, 4.69) is 10.3 Å². The van der Waals surface area contributed by atoms with Crippen molar-refractivity contribution in [2.45, 2.75) is 25.7 Å².